The van der Waals surface area contributed by atoms with Crippen molar-refractivity contribution in [2.75, 3.05) is 0 Å². The van der Waals surface area contributed by atoms with Gasteiger partial charge in [-0.3, -0.25) is 0 Å². The summed E-state index contributed by atoms with van der Waals surface area (Å²) in [4.78, 5) is 0. The van der Waals surface area contributed by atoms with Crippen LogP contribution < -0.4 is 4.73 Å². The molecule has 0 saturated carbocycles. The van der Waals surface area contributed by atoms with Crippen LogP contribution in [0.2, 0.25) is 0 Å². The molecule has 0 unspecified atom stereocenters. The topological polar surface area (TPSA) is 40.1 Å². The van der Waals surface area contributed by atoms with Crippen molar-refractivity contribution in [2.24, 2.45) is 0 Å². The SMILES string of the molecule is C=CCc1occ[n+]1[O-]. The first-order valence-corrected chi connectivity index (χ1v) is 2.61. The summed E-state index contributed by atoms with van der Waals surface area (Å²) in [6.45, 7) is 3.46. The van der Waals surface area contributed by atoms with Crippen LogP contribution in [0.25, 0.3) is 0 Å². The van der Waals surface area contributed by atoms with E-state index in [0.29, 0.717) is 17.0 Å². The molecule has 0 saturated heterocycles. The lowest BCUT2D eigenvalue weighted by Crippen LogP contribution is -2.27. The Morgan fingerprint density at radius 2 is 2.67 bits per heavy atom. The molecule has 1 aromatic heterocycles. The molecule has 0 aromatic carbocycles. The minimum Gasteiger partial charge on any atom is -0.616 e. The van der Waals surface area contributed by atoms with Gasteiger partial charge in [0.25, 0.3) is 0 Å². The van der Waals surface area contributed by atoms with E-state index in [9.17, 15) is 5.21 Å². The van der Waals surface area contributed by atoms with Gasteiger partial charge in [0.15, 0.2) is 6.26 Å². The van der Waals surface area contributed by atoms with Gasteiger partial charge in [0, 0.05) is 0 Å². The Labute approximate surface area is 52.8 Å². The van der Waals surface area contributed by atoms with E-state index >= 15 is 0 Å². The fourth-order valence-corrected chi connectivity index (χ4v) is 0.561. The number of hydrogen-bond acceptors (Lipinski definition) is 2. The van der Waals surface area contributed by atoms with Crippen LogP contribution in [0.4, 0.5) is 0 Å². The van der Waals surface area contributed by atoms with Crippen LogP contribution in [-0.2, 0) is 6.42 Å². The van der Waals surface area contributed by atoms with E-state index in [-0.39, 0.29) is 0 Å². The van der Waals surface area contributed by atoms with Crippen LogP contribution >= 0.6 is 0 Å². The van der Waals surface area contributed by atoms with Crippen LogP contribution in [0.3, 0.4) is 0 Å². The second-order valence-corrected chi connectivity index (χ2v) is 1.62. The minimum atomic E-state index is 0.380. The molecule has 1 rings (SSSR count). The summed E-state index contributed by atoms with van der Waals surface area (Å²) >= 11 is 0. The van der Waals surface area contributed by atoms with Gasteiger partial charge in [0.2, 0.25) is 6.20 Å². The molecule has 1 heterocycles. The maximum absolute atomic E-state index is 10.6. The van der Waals surface area contributed by atoms with Crippen LogP contribution in [0, 0.1) is 5.21 Å². The molecule has 3 heteroatoms. The minimum absolute atomic E-state index is 0.380. The maximum atomic E-state index is 10.6. The Hall–Kier alpha value is -1.25. The zero-order valence-electron chi connectivity index (χ0n) is 4.91. The molecule has 0 radical (unpaired) electrons. The molecule has 0 N–H and O–H groups in total. The van der Waals surface area contributed by atoms with E-state index in [1.165, 1.54) is 12.5 Å². The molecule has 0 fully saturated rings. The van der Waals surface area contributed by atoms with Gasteiger partial charge in [-0.05, 0) is 0 Å². The van der Waals surface area contributed by atoms with Crippen molar-refractivity contribution in [3.8, 4) is 0 Å². The Morgan fingerprint density at radius 1 is 1.89 bits per heavy atom. The molecule has 3 nitrogen and oxygen atoms in total. The van der Waals surface area contributed by atoms with Crippen LogP contribution in [0.5, 0.6) is 0 Å². The number of aromatic nitrogens is 1. The number of nitrogens with zero attached hydrogens (tertiary/aromatic N) is 1. The van der Waals surface area contributed by atoms with Crippen LogP contribution in [0.1, 0.15) is 5.89 Å². The Kier molecular flexibility index (Phi) is 1.53. The molecule has 0 atom stereocenters. The molecule has 0 bridgehead atoms. The summed E-state index contributed by atoms with van der Waals surface area (Å²) in [5, 5.41) is 10.6. The van der Waals surface area contributed by atoms with Gasteiger partial charge in [-0.2, -0.15) is 0 Å². The van der Waals surface area contributed by atoms with Gasteiger partial charge in [-0.25, -0.2) is 0 Å². The molecule has 0 aliphatic heterocycles. The average molecular weight is 125 g/mol. The van der Waals surface area contributed by atoms with Gasteiger partial charge in [-0.1, -0.05) is 6.08 Å². The Bertz CT molecular complexity index is 205. The average Bonchev–Trinajstić information content (AvgIpc) is 2.18. The highest BCUT2D eigenvalue weighted by atomic mass is 16.5. The molecule has 48 valence electrons. The highest BCUT2D eigenvalue weighted by Crippen LogP contribution is 1.92. The molecule has 1 aromatic rings. The van der Waals surface area contributed by atoms with Gasteiger partial charge in [0.05, 0.1) is 6.42 Å². The third kappa shape index (κ3) is 1.10. The number of rotatable bonds is 2. The quantitative estimate of drug-likeness (QED) is 0.330. The number of hydrogen-bond donors (Lipinski definition) is 0. The van der Waals surface area contributed by atoms with E-state index in [1.54, 1.807) is 6.08 Å². The van der Waals surface area contributed by atoms with Crippen molar-refractivity contribution < 1.29 is 9.15 Å². The van der Waals surface area contributed by atoms with E-state index in [1.807, 2.05) is 0 Å². The highest BCUT2D eigenvalue weighted by molar-refractivity contribution is 4.81. The van der Waals surface area contributed by atoms with Crippen LogP contribution in [-0.4, -0.2) is 0 Å². The van der Waals surface area contributed by atoms with Crippen molar-refractivity contribution in [3.05, 3.63) is 36.2 Å². The first-order chi connectivity index (χ1) is 4.34. The first-order valence-electron chi connectivity index (χ1n) is 2.61. The summed E-state index contributed by atoms with van der Waals surface area (Å²) in [5.41, 5.74) is 0. The smallest absolute Gasteiger partial charge is 0.362 e. The third-order valence-corrected chi connectivity index (χ3v) is 0.965. The maximum Gasteiger partial charge on any atom is 0.362 e. The summed E-state index contributed by atoms with van der Waals surface area (Å²) in [7, 11) is 0. The molecule has 0 aliphatic rings. The fourth-order valence-electron chi connectivity index (χ4n) is 0.561. The van der Waals surface area contributed by atoms with Crippen molar-refractivity contribution in [1.29, 1.82) is 0 Å². The summed E-state index contributed by atoms with van der Waals surface area (Å²) in [5.74, 6) is 0.380. The fraction of sp³-hybridized carbons (Fsp3) is 0.167. The van der Waals surface area contributed by atoms with Gasteiger partial charge >= 0.3 is 5.89 Å². The normalized spacial score (nSPS) is 9.33. The summed E-state index contributed by atoms with van der Waals surface area (Å²) in [6, 6.07) is 0. The van der Waals surface area contributed by atoms with E-state index in [2.05, 4.69) is 6.58 Å². The summed E-state index contributed by atoms with van der Waals surface area (Å²) < 4.78 is 5.47. The van der Waals surface area contributed by atoms with Crippen LogP contribution in [0.15, 0.2) is 29.5 Å². The predicted octanol–water partition coefficient (Wildman–Crippen LogP) is 0.642. The molecule has 9 heavy (non-hydrogen) atoms. The molecular weight excluding hydrogens is 118 g/mol. The molecule has 0 aliphatic carbocycles. The van der Waals surface area contributed by atoms with Crippen molar-refractivity contribution in [1.82, 2.24) is 0 Å². The zero-order valence-corrected chi connectivity index (χ0v) is 4.91. The van der Waals surface area contributed by atoms with Gasteiger partial charge in [0.1, 0.15) is 0 Å². The molecule has 0 spiro atoms. The lowest BCUT2D eigenvalue weighted by molar-refractivity contribution is -0.617. The van der Waals surface area contributed by atoms with E-state index < -0.39 is 0 Å². The Morgan fingerprint density at radius 3 is 3.11 bits per heavy atom. The zero-order chi connectivity index (χ0) is 6.69. The second-order valence-electron chi connectivity index (χ2n) is 1.62. The molecule has 0 amide bonds. The predicted molar refractivity (Wildman–Crippen MR) is 31.6 cm³/mol. The lowest BCUT2D eigenvalue weighted by Gasteiger charge is -1.89. The monoisotopic (exact) mass is 125 g/mol. The first kappa shape index (κ1) is 5.88. The molecular formula is C6H7NO2. The number of allylic oxidation sites excluding steroid dienone is 1. The largest absolute Gasteiger partial charge is 0.616 e. The standard InChI is InChI=1S/C6H7NO2/c1-2-3-6-7(8)4-5-9-6/h2,4-5H,1,3H2. The highest BCUT2D eigenvalue weighted by Gasteiger charge is 2.03. The van der Waals surface area contributed by atoms with E-state index in [4.69, 9.17) is 4.42 Å². The second kappa shape index (κ2) is 2.35. The van der Waals surface area contributed by atoms with Crippen molar-refractivity contribution in [2.45, 2.75) is 6.42 Å². The van der Waals surface area contributed by atoms with E-state index in [0.717, 1.165) is 0 Å². The third-order valence-electron chi connectivity index (χ3n) is 0.965. The van der Waals surface area contributed by atoms with Crippen molar-refractivity contribution >= 4 is 0 Å². The Balaban J connectivity index is 2.80. The lowest BCUT2D eigenvalue weighted by atomic mass is 10.4. The number of oxazole rings is 1. The van der Waals surface area contributed by atoms with Gasteiger partial charge < -0.3 is 9.62 Å². The summed E-state index contributed by atoms with van der Waals surface area (Å²) in [6.07, 6.45) is 4.77. The van der Waals surface area contributed by atoms with Gasteiger partial charge in [-0.15, -0.1) is 11.3 Å². The van der Waals surface area contributed by atoms with Crippen molar-refractivity contribution in [3.63, 3.8) is 0 Å².